The predicted octanol–water partition coefficient (Wildman–Crippen LogP) is 2.17. The number of thiophene rings is 1. The van der Waals surface area contributed by atoms with Crippen molar-refractivity contribution in [2.75, 3.05) is 13.1 Å². The first-order valence-corrected chi connectivity index (χ1v) is 6.80. The van der Waals surface area contributed by atoms with Gasteiger partial charge in [0.05, 0.1) is 13.1 Å². The molecule has 0 aliphatic heterocycles. The molecule has 3 nitrogen and oxygen atoms in total. The quantitative estimate of drug-likeness (QED) is 0.800. The number of amides is 1. The molecule has 98 valence electrons. The molecule has 1 unspecified atom stereocenters. The van der Waals surface area contributed by atoms with Crippen LogP contribution in [-0.2, 0) is 4.79 Å². The van der Waals surface area contributed by atoms with Crippen molar-refractivity contribution >= 4 is 17.2 Å². The van der Waals surface area contributed by atoms with Crippen LogP contribution in [0.5, 0.6) is 0 Å². The lowest BCUT2D eigenvalue weighted by molar-refractivity contribution is -0.120. The van der Waals surface area contributed by atoms with E-state index >= 15 is 0 Å². The molecular formula is C14H20N2OS. The Morgan fingerprint density at radius 1 is 1.56 bits per heavy atom. The molecule has 1 amide bonds. The van der Waals surface area contributed by atoms with Gasteiger partial charge in [0.2, 0.25) is 5.91 Å². The van der Waals surface area contributed by atoms with E-state index in [0.717, 1.165) is 0 Å². The number of nitrogens with one attached hydrogen (secondary N) is 2. The zero-order valence-corrected chi connectivity index (χ0v) is 11.9. The molecule has 1 atom stereocenters. The van der Waals surface area contributed by atoms with Crippen molar-refractivity contribution in [3.8, 4) is 12.3 Å². The minimum absolute atomic E-state index is 0.0528. The Balaban J connectivity index is 2.59. The first-order chi connectivity index (χ1) is 8.45. The van der Waals surface area contributed by atoms with E-state index in [0.29, 0.717) is 0 Å². The average Bonchev–Trinajstić information content (AvgIpc) is 2.78. The van der Waals surface area contributed by atoms with Gasteiger partial charge in [-0.05, 0) is 16.9 Å². The van der Waals surface area contributed by atoms with Gasteiger partial charge in [-0.2, -0.15) is 0 Å². The molecule has 2 N–H and O–H groups in total. The lowest BCUT2D eigenvalue weighted by Gasteiger charge is -2.30. The van der Waals surface area contributed by atoms with E-state index in [4.69, 9.17) is 6.42 Å². The molecule has 18 heavy (non-hydrogen) atoms. The number of terminal acetylenes is 1. The first-order valence-electron chi connectivity index (χ1n) is 5.92. The van der Waals surface area contributed by atoms with Crippen molar-refractivity contribution in [2.45, 2.75) is 26.8 Å². The standard InChI is InChI=1S/C14H20N2OS/c1-5-8-15-12(17)10-16-13(14(2,3)4)11-7-6-9-18-11/h1,6-7,9,13,16H,8,10H2,2-4H3,(H,15,17). The van der Waals surface area contributed by atoms with Gasteiger partial charge in [-0.3, -0.25) is 4.79 Å². The van der Waals surface area contributed by atoms with Crippen molar-refractivity contribution in [3.05, 3.63) is 22.4 Å². The van der Waals surface area contributed by atoms with Gasteiger partial charge < -0.3 is 10.6 Å². The van der Waals surface area contributed by atoms with Crippen molar-refractivity contribution in [1.29, 1.82) is 0 Å². The third kappa shape index (κ3) is 4.52. The summed E-state index contributed by atoms with van der Waals surface area (Å²) < 4.78 is 0. The molecule has 1 aromatic heterocycles. The van der Waals surface area contributed by atoms with Crippen molar-refractivity contribution < 1.29 is 4.79 Å². The van der Waals surface area contributed by atoms with E-state index < -0.39 is 0 Å². The van der Waals surface area contributed by atoms with Crippen LogP contribution in [0.2, 0.25) is 0 Å². The van der Waals surface area contributed by atoms with Crippen LogP contribution in [-0.4, -0.2) is 19.0 Å². The highest BCUT2D eigenvalue weighted by atomic mass is 32.1. The van der Waals surface area contributed by atoms with Gasteiger partial charge in [-0.25, -0.2) is 0 Å². The number of hydrogen-bond donors (Lipinski definition) is 2. The molecule has 0 aliphatic carbocycles. The van der Waals surface area contributed by atoms with Crippen LogP contribution < -0.4 is 10.6 Å². The lowest BCUT2D eigenvalue weighted by Crippen LogP contribution is -2.39. The monoisotopic (exact) mass is 264 g/mol. The largest absolute Gasteiger partial charge is 0.344 e. The highest BCUT2D eigenvalue weighted by Gasteiger charge is 2.27. The van der Waals surface area contributed by atoms with Crippen LogP contribution in [0, 0.1) is 17.8 Å². The van der Waals surface area contributed by atoms with E-state index in [2.05, 4.69) is 43.4 Å². The van der Waals surface area contributed by atoms with Gasteiger partial charge in [-0.1, -0.05) is 32.8 Å². The number of rotatable bonds is 5. The molecule has 1 heterocycles. The van der Waals surface area contributed by atoms with E-state index in [1.807, 2.05) is 11.4 Å². The van der Waals surface area contributed by atoms with Crippen molar-refractivity contribution in [2.24, 2.45) is 5.41 Å². The Morgan fingerprint density at radius 3 is 2.78 bits per heavy atom. The highest BCUT2D eigenvalue weighted by molar-refractivity contribution is 7.10. The normalized spacial score (nSPS) is 12.8. The maximum absolute atomic E-state index is 11.5. The van der Waals surface area contributed by atoms with Crippen LogP contribution in [0.3, 0.4) is 0 Å². The molecular weight excluding hydrogens is 244 g/mol. The predicted molar refractivity (Wildman–Crippen MR) is 76.4 cm³/mol. The Morgan fingerprint density at radius 2 is 2.28 bits per heavy atom. The van der Waals surface area contributed by atoms with Crippen LogP contribution >= 0.6 is 11.3 Å². The van der Waals surface area contributed by atoms with Gasteiger partial charge in [-0.15, -0.1) is 17.8 Å². The second kappa shape index (κ2) is 6.58. The Bertz CT molecular complexity index is 412. The fourth-order valence-electron chi connectivity index (χ4n) is 1.70. The molecule has 0 aromatic carbocycles. The molecule has 0 saturated heterocycles. The summed E-state index contributed by atoms with van der Waals surface area (Å²) in [5.74, 6) is 2.32. The number of carbonyl (C=O) groups excluding carboxylic acids is 1. The van der Waals surface area contributed by atoms with E-state index in [1.165, 1.54) is 4.88 Å². The lowest BCUT2D eigenvalue weighted by atomic mass is 9.86. The second-order valence-electron chi connectivity index (χ2n) is 5.18. The molecule has 1 rings (SSSR count). The van der Waals surface area contributed by atoms with Gasteiger partial charge >= 0.3 is 0 Å². The summed E-state index contributed by atoms with van der Waals surface area (Å²) >= 11 is 1.70. The summed E-state index contributed by atoms with van der Waals surface area (Å²) in [4.78, 5) is 12.8. The minimum Gasteiger partial charge on any atom is -0.344 e. The highest BCUT2D eigenvalue weighted by Crippen LogP contribution is 2.34. The van der Waals surface area contributed by atoms with E-state index in [9.17, 15) is 4.79 Å². The SMILES string of the molecule is C#CCNC(=O)CNC(c1cccs1)C(C)(C)C. The smallest absolute Gasteiger partial charge is 0.234 e. The third-order valence-corrected chi connectivity index (χ3v) is 3.49. The first kappa shape index (κ1) is 14.7. The molecule has 0 bridgehead atoms. The Kier molecular flexibility index (Phi) is 5.39. The van der Waals surface area contributed by atoms with Crippen molar-refractivity contribution in [3.63, 3.8) is 0 Å². The molecule has 0 spiro atoms. The molecule has 4 heteroatoms. The van der Waals surface area contributed by atoms with Gasteiger partial charge in [0.25, 0.3) is 0 Å². The van der Waals surface area contributed by atoms with Gasteiger partial charge in [0, 0.05) is 10.9 Å². The number of hydrogen-bond acceptors (Lipinski definition) is 3. The third-order valence-electron chi connectivity index (χ3n) is 2.55. The van der Waals surface area contributed by atoms with E-state index in [-0.39, 0.29) is 30.5 Å². The average molecular weight is 264 g/mol. The molecule has 0 radical (unpaired) electrons. The Hall–Kier alpha value is -1.31. The summed E-state index contributed by atoms with van der Waals surface area (Å²) in [6, 6.07) is 4.28. The fraction of sp³-hybridized carbons (Fsp3) is 0.500. The van der Waals surface area contributed by atoms with Crippen molar-refractivity contribution in [1.82, 2.24) is 10.6 Å². The maximum atomic E-state index is 11.5. The summed E-state index contributed by atoms with van der Waals surface area (Å²) in [5, 5.41) is 8.00. The molecule has 0 aliphatic rings. The summed E-state index contributed by atoms with van der Waals surface area (Å²) in [5.41, 5.74) is 0.0528. The van der Waals surface area contributed by atoms with Crippen LogP contribution in [0.15, 0.2) is 17.5 Å². The van der Waals surface area contributed by atoms with Gasteiger partial charge in [0.1, 0.15) is 0 Å². The minimum atomic E-state index is -0.0706. The van der Waals surface area contributed by atoms with Crippen LogP contribution in [0.25, 0.3) is 0 Å². The molecule has 1 aromatic rings. The topological polar surface area (TPSA) is 41.1 Å². The van der Waals surface area contributed by atoms with Crippen LogP contribution in [0.4, 0.5) is 0 Å². The second-order valence-corrected chi connectivity index (χ2v) is 6.16. The zero-order chi connectivity index (χ0) is 13.6. The molecule has 0 saturated carbocycles. The van der Waals surface area contributed by atoms with Gasteiger partial charge in [0.15, 0.2) is 0 Å². The zero-order valence-electron chi connectivity index (χ0n) is 11.1. The van der Waals surface area contributed by atoms with Crippen LogP contribution in [0.1, 0.15) is 31.7 Å². The van der Waals surface area contributed by atoms with E-state index in [1.54, 1.807) is 11.3 Å². The maximum Gasteiger partial charge on any atom is 0.234 e. The summed E-state index contributed by atoms with van der Waals surface area (Å²) in [6.07, 6.45) is 5.10. The number of carbonyl (C=O) groups is 1. The summed E-state index contributed by atoms with van der Waals surface area (Å²) in [6.45, 7) is 7.03. The summed E-state index contributed by atoms with van der Waals surface area (Å²) in [7, 11) is 0. The fourth-order valence-corrected chi connectivity index (χ4v) is 2.74. The molecule has 0 fully saturated rings. The Labute approximate surface area is 113 Å².